The normalized spacial score (nSPS) is 22.0. The van der Waals surface area contributed by atoms with Gasteiger partial charge >= 0.3 is 0 Å². The third kappa shape index (κ3) is 2.84. The molecule has 2 rings (SSSR count). The zero-order valence-corrected chi connectivity index (χ0v) is 11.4. The van der Waals surface area contributed by atoms with Gasteiger partial charge in [0.2, 0.25) is 0 Å². The fraction of sp³-hybridized carbons (Fsp3) is 0.545. The van der Waals surface area contributed by atoms with Crippen LogP contribution in [0.2, 0.25) is 0 Å². The van der Waals surface area contributed by atoms with Gasteiger partial charge in [-0.2, -0.15) is 0 Å². The van der Waals surface area contributed by atoms with Crippen molar-refractivity contribution in [3.05, 3.63) is 20.8 Å². The number of carbonyl (C=O) groups is 1. The highest BCUT2D eigenvalue weighted by atomic mass is 79.9. The van der Waals surface area contributed by atoms with Crippen LogP contribution in [0.5, 0.6) is 0 Å². The van der Waals surface area contributed by atoms with Gasteiger partial charge in [-0.1, -0.05) is 0 Å². The van der Waals surface area contributed by atoms with Crippen LogP contribution in [0.4, 0.5) is 0 Å². The molecule has 1 aromatic heterocycles. The fourth-order valence-corrected chi connectivity index (χ4v) is 3.09. The number of rotatable bonds is 3. The molecule has 1 saturated heterocycles. The summed E-state index contributed by atoms with van der Waals surface area (Å²) >= 11 is 4.79. The molecule has 1 fully saturated rings. The van der Waals surface area contributed by atoms with Crippen molar-refractivity contribution in [1.29, 1.82) is 0 Å². The maximum absolute atomic E-state index is 11.8. The van der Waals surface area contributed by atoms with Gasteiger partial charge in [0.1, 0.15) is 0 Å². The van der Waals surface area contributed by atoms with E-state index in [1.165, 1.54) is 11.3 Å². The van der Waals surface area contributed by atoms with Crippen molar-refractivity contribution >= 4 is 33.2 Å². The number of amides is 1. The lowest BCUT2D eigenvalue weighted by molar-refractivity contribution is 0.0714. The Kier molecular flexibility index (Phi) is 4.00. The van der Waals surface area contributed by atoms with Crippen LogP contribution in [0.25, 0.3) is 0 Å². The third-order valence-corrected chi connectivity index (χ3v) is 4.30. The van der Waals surface area contributed by atoms with Crippen LogP contribution in [0.1, 0.15) is 29.4 Å². The molecule has 0 saturated carbocycles. The van der Waals surface area contributed by atoms with E-state index >= 15 is 0 Å². The smallest absolute Gasteiger partial charge is 0.261 e. The standard InChI is InChI=1S/C11H14BrNO2S/c1-7(8-3-2-6-15-8)13-11(14)9-4-5-10(12)16-9/h4-5,7-8H,2-3,6H2,1H3,(H,13,14)/t7-,8+/m0/s1. The Balaban J connectivity index is 1.91. The molecule has 88 valence electrons. The Labute approximate surface area is 107 Å². The molecule has 0 aliphatic carbocycles. The molecule has 0 radical (unpaired) electrons. The molecule has 2 atom stereocenters. The number of nitrogens with one attached hydrogen (secondary N) is 1. The SMILES string of the molecule is C[C@H](NC(=O)c1ccc(Br)s1)[C@H]1CCCO1. The lowest BCUT2D eigenvalue weighted by atomic mass is 10.1. The minimum absolute atomic E-state index is 0.0151. The molecule has 3 nitrogen and oxygen atoms in total. The Morgan fingerprint density at radius 3 is 3.06 bits per heavy atom. The number of thiophene rings is 1. The molecule has 1 amide bonds. The van der Waals surface area contributed by atoms with Crippen LogP contribution in [-0.2, 0) is 4.74 Å². The summed E-state index contributed by atoms with van der Waals surface area (Å²) in [7, 11) is 0. The average Bonchev–Trinajstić information content (AvgIpc) is 2.87. The van der Waals surface area contributed by atoms with Gasteiger partial charge in [0.25, 0.3) is 5.91 Å². The van der Waals surface area contributed by atoms with Crippen molar-refractivity contribution in [3.8, 4) is 0 Å². The van der Waals surface area contributed by atoms with Crippen molar-refractivity contribution < 1.29 is 9.53 Å². The van der Waals surface area contributed by atoms with Gasteiger partial charge < -0.3 is 10.1 Å². The maximum Gasteiger partial charge on any atom is 0.261 e. The van der Waals surface area contributed by atoms with Crippen LogP contribution >= 0.6 is 27.3 Å². The van der Waals surface area contributed by atoms with E-state index in [1.54, 1.807) is 0 Å². The first-order chi connectivity index (χ1) is 7.66. The second-order valence-electron chi connectivity index (χ2n) is 3.92. The first-order valence-electron chi connectivity index (χ1n) is 5.34. The Morgan fingerprint density at radius 2 is 2.50 bits per heavy atom. The second-order valence-corrected chi connectivity index (χ2v) is 6.38. The molecule has 0 aromatic carbocycles. The number of carbonyl (C=O) groups excluding carboxylic acids is 1. The molecule has 0 spiro atoms. The van der Waals surface area contributed by atoms with Gasteiger partial charge in [0.05, 0.1) is 20.8 Å². The van der Waals surface area contributed by atoms with E-state index in [0.717, 1.165) is 28.1 Å². The molecule has 0 bridgehead atoms. The molecule has 5 heteroatoms. The molecular formula is C11H14BrNO2S. The lowest BCUT2D eigenvalue weighted by Crippen LogP contribution is -2.40. The zero-order chi connectivity index (χ0) is 11.5. The van der Waals surface area contributed by atoms with E-state index in [0.29, 0.717) is 0 Å². The maximum atomic E-state index is 11.8. The van der Waals surface area contributed by atoms with Gasteiger partial charge in [-0.05, 0) is 47.8 Å². The summed E-state index contributed by atoms with van der Waals surface area (Å²) in [5, 5.41) is 2.98. The van der Waals surface area contributed by atoms with E-state index in [4.69, 9.17) is 4.74 Å². The number of hydrogen-bond acceptors (Lipinski definition) is 3. The summed E-state index contributed by atoms with van der Waals surface area (Å²) in [5.41, 5.74) is 0. The van der Waals surface area contributed by atoms with E-state index in [2.05, 4.69) is 21.2 Å². The van der Waals surface area contributed by atoms with Crippen LogP contribution in [0, 0.1) is 0 Å². The second kappa shape index (κ2) is 5.29. The largest absolute Gasteiger partial charge is 0.376 e. The van der Waals surface area contributed by atoms with Gasteiger partial charge in [0, 0.05) is 6.61 Å². The Bertz CT molecular complexity index is 374. The molecule has 1 aliphatic rings. The first kappa shape index (κ1) is 12.1. The van der Waals surface area contributed by atoms with E-state index < -0.39 is 0 Å². The topological polar surface area (TPSA) is 38.3 Å². The predicted molar refractivity (Wildman–Crippen MR) is 67.9 cm³/mol. The minimum atomic E-state index is -0.0151. The minimum Gasteiger partial charge on any atom is -0.376 e. The van der Waals surface area contributed by atoms with Gasteiger partial charge in [-0.3, -0.25) is 4.79 Å². The highest BCUT2D eigenvalue weighted by Gasteiger charge is 2.24. The Morgan fingerprint density at radius 1 is 1.69 bits per heavy atom. The van der Waals surface area contributed by atoms with Gasteiger partial charge in [-0.15, -0.1) is 11.3 Å². The van der Waals surface area contributed by atoms with E-state index in [9.17, 15) is 4.79 Å². The molecule has 2 heterocycles. The van der Waals surface area contributed by atoms with Crippen molar-refractivity contribution in [2.75, 3.05) is 6.61 Å². The molecular weight excluding hydrogens is 290 g/mol. The van der Waals surface area contributed by atoms with Crippen molar-refractivity contribution in [1.82, 2.24) is 5.32 Å². The van der Waals surface area contributed by atoms with Crippen LogP contribution in [0.15, 0.2) is 15.9 Å². The summed E-state index contributed by atoms with van der Waals surface area (Å²) in [6, 6.07) is 3.79. The predicted octanol–water partition coefficient (Wildman–Crippen LogP) is 2.81. The number of ether oxygens (including phenoxy) is 1. The Hall–Kier alpha value is -0.390. The molecule has 16 heavy (non-hydrogen) atoms. The number of hydrogen-bond donors (Lipinski definition) is 1. The summed E-state index contributed by atoms with van der Waals surface area (Å²) in [6.07, 6.45) is 2.30. The van der Waals surface area contributed by atoms with Crippen molar-refractivity contribution in [2.24, 2.45) is 0 Å². The number of halogens is 1. The van der Waals surface area contributed by atoms with Crippen LogP contribution in [0.3, 0.4) is 0 Å². The highest BCUT2D eigenvalue weighted by Crippen LogP contribution is 2.22. The summed E-state index contributed by atoms with van der Waals surface area (Å²) in [6.45, 7) is 2.81. The molecule has 1 aromatic rings. The summed E-state index contributed by atoms with van der Waals surface area (Å²) in [5.74, 6) is -0.0151. The van der Waals surface area contributed by atoms with E-state index in [1.807, 2.05) is 19.1 Å². The van der Waals surface area contributed by atoms with Crippen molar-refractivity contribution in [3.63, 3.8) is 0 Å². The molecule has 1 aliphatic heterocycles. The van der Waals surface area contributed by atoms with Crippen LogP contribution in [-0.4, -0.2) is 24.7 Å². The first-order valence-corrected chi connectivity index (χ1v) is 6.95. The quantitative estimate of drug-likeness (QED) is 0.932. The van der Waals surface area contributed by atoms with E-state index in [-0.39, 0.29) is 18.1 Å². The lowest BCUT2D eigenvalue weighted by Gasteiger charge is -2.19. The monoisotopic (exact) mass is 303 g/mol. The highest BCUT2D eigenvalue weighted by molar-refractivity contribution is 9.11. The summed E-state index contributed by atoms with van der Waals surface area (Å²) < 4.78 is 6.51. The van der Waals surface area contributed by atoms with Crippen molar-refractivity contribution in [2.45, 2.75) is 31.9 Å². The fourth-order valence-electron chi connectivity index (χ4n) is 1.80. The average molecular weight is 304 g/mol. The van der Waals surface area contributed by atoms with Gasteiger partial charge in [-0.25, -0.2) is 0 Å². The molecule has 0 unspecified atom stereocenters. The molecule has 1 N–H and O–H groups in total. The van der Waals surface area contributed by atoms with Gasteiger partial charge in [0.15, 0.2) is 0 Å². The summed E-state index contributed by atoms with van der Waals surface area (Å²) in [4.78, 5) is 12.6. The zero-order valence-electron chi connectivity index (χ0n) is 9.03. The third-order valence-electron chi connectivity index (χ3n) is 2.68. The van der Waals surface area contributed by atoms with Crippen LogP contribution < -0.4 is 5.32 Å².